The van der Waals surface area contributed by atoms with Crippen molar-refractivity contribution in [1.82, 2.24) is 14.8 Å². The van der Waals surface area contributed by atoms with E-state index in [2.05, 4.69) is 10.2 Å². The average Bonchev–Trinajstić information content (AvgIpc) is 3.25. The van der Waals surface area contributed by atoms with E-state index in [4.69, 9.17) is 0 Å². The lowest BCUT2D eigenvalue weighted by Gasteiger charge is -2.20. The molecule has 0 atom stereocenters. The second-order valence-electron chi connectivity index (χ2n) is 8.49. The van der Waals surface area contributed by atoms with E-state index in [-0.39, 0.29) is 22.4 Å². The molecule has 1 heterocycles. The summed E-state index contributed by atoms with van der Waals surface area (Å²) in [5.74, 6) is -1.03. The normalized spacial score (nSPS) is 11.2. The molecule has 36 heavy (non-hydrogen) atoms. The van der Waals surface area contributed by atoms with Crippen LogP contribution >= 0.6 is 11.8 Å². The molecule has 0 bridgehead atoms. The van der Waals surface area contributed by atoms with Crippen molar-refractivity contribution < 1.29 is 18.7 Å². The van der Waals surface area contributed by atoms with Gasteiger partial charge in [0.25, 0.3) is 0 Å². The molecule has 0 aliphatic rings. The van der Waals surface area contributed by atoms with Gasteiger partial charge in [0.15, 0.2) is 5.16 Å². The van der Waals surface area contributed by atoms with E-state index in [1.54, 1.807) is 55.4 Å². The summed E-state index contributed by atoms with van der Waals surface area (Å²) in [6, 6.07) is 17.6. The first-order valence-corrected chi connectivity index (χ1v) is 12.3. The van der Waals surface area contributed by atoms with Gasteiger partial charge in [0.2, 0.25) is 0 Å². The van der Waals surface area contributed by atoms with Gasteiger partial charge in [0, 0.05) is 20.5 Å². The molecule has 9 heteroatoms. The Morgan fingerprint density at radius 2 is 1.56 bits per heavy atom. The summed E-state index contributed by atoms with van der Waals surface area (Å²) >= 11 is 1.39. The number of carboxylic acids is 1. The fourth-order valence-electron chi connectivity index (χ4n) is 3.95. The number of hydrogen-bond acceptors (Lipinski definition) is 5. The molecule has 0 fully saturated rings. The Morgan fingerprint density at radius 3 is 2.06 bits per heavy atom. The minimum absolute atomic E-state index is 0.165. The molecule has 0 aliphatic heterocycles. The second-order valence-corrected chi connectivity index (χ2v) is 9.56. The number of nitrogens with zero attached hydrogens (tertiary/aromatic N) is 4. The fourth-order valence-corrected chi connectivity index (χ4v) is 5.16. The highest BCUT2D eigenvalue weighted by atomic mass is 32.2. The number of aromatic nitrogens is 3. The molecular weight excluding hydrogens is 482 g/mol. The Labute approximate surface area is 212 Å². The first kappa shape index (κ1) is 25.4. The van der Waals surface area contributed by atoms with E-state index in [1.807, 2.05) is 17.6 Å². The number of carboxylic acid groups (broad SMARTS) is 1. The van der Waals surface area contributed by atoms with E-state index in [0.717, 1.165) is 17.5 Å². The van der Waals surface area contributed by atoms with Crippen LogP contribution in [0.2, 0.25) is 0 Å². The van der Waals surface area contributed by atoms with Crippen LogP contribution in [0.1, 0.15) is 45.9 Å². The number of thioether (sulfide) groups is 1. The van der Waals surface area contributed by atoms with Crippen molar-refractivity contribution in [2.24, 2.45) is 0 Å². The number of anilines is 1. The summed E-state index contributed by atoms with van der Waals surface area (Å²) in [7, 11) is 3.58. The number of carbonyl (C=O) groups is 1. The van der Waals surface area contributed by atoms with Crippen molar-refractivity contribution >= 4 is 23.4 Å². The van der Waals surface area contributed by atoms with Crippen LogP contribution in [-0.4, -0.2) is 39.9 Å². The zero-order valence-electron chi connectivity index (χ0n) is 20.2. The van der Waals surface area contributed by atoms with Gasteiger partial charge in [-0.25, -0.2) is 13.6 Å². The van der Waals surface area contributed by atoms with Crippen molar-refractivity contribution in [1.29, 1.82) is 0 Å². The van der Waals surface area contributed by atoms with Crippen LogP contribution in [0.15, 0.2) is 71.9 Å². The zero-order valence-corrected chi connectivity index (χ0v) is 21.0. The summed E-state index contributed by atoms with van der Waals surface area (Å²) in [4.78, 5) is 13.8. The van der Waals surface area contributed by atoms with E-state index in [0.29, 0.717) is 28.8 Å². The van der Waals surface area contributed by atoms with Crippen LogP contribution in [0.5, 0.6) is 0 Å². The summed E-state index contributed by atoms with van der Waals surface area (Å²) < 4.78 is 29.2. The van der Waals surface area contributed by atoms with Crippen LogP contribution < -0.4 is 4.90 Å². The summed E-state index contributed by atoms with van der Waals surface area (Å²) in [5.41, 5.74) is 3.01. The van der Waals surface area contributed by atoms with Crippen LogP contribution in [0.25, 0.3) is 5.69 Å². The third kappa shape index (κ3) is 5.41. The number of rotatable bonds is 9. The largest absolute Gasteiger partial charge is 0.478 e. The molecule has 4 rings (SSSR count). The molecule has 0 saturated carbocycles. The van der Waals surface area contributed by atoms with Crippen LogP contribution in [-0.2, 0) is 6.42 Å². The average molecular weight is 509 g/mol. The molecule has 0 unspecified atom stereocenters. The Kier molecular flexibility index (Phi) is 7.69. The Balaban J connectivity index is 1.83. The number of aryl methyl sites for hydroxylation is 1. The lowest BCUT2D eigenvalue weighted by molar-refractivity contribution is 0.0697. The van der Waals surface area contributed by atoms with Gasteiger partial charge in [-0.15, -0.1) is 10.2 Å². The minimum Gasteiger partial charge on any atom is -0.478 e. The molecule has 1 N–H and O–H groups in total. The molecule has 0 saturated heterocycles. The molecule has 4 aromatic rings. The molecule has 186 valence electrons. The minimum atomic E-state index is -1.03. The van der Waals surface area contributed by atoms with Gasteiger partial charge in [0.1, 0.15) is 17.5 Å². The predicted molar refractivity (Wildman–Crippen MR) is 137 cm³/mol. The van der Waals surface area contributed by atoms with Gasteiger partial charge >= 0.3 is 5.97 Å². The van der Waals surface area contributed by atoms with Crippen LogP contribution in [0.4, 0.5) is 14.5 Å². The highest BCUT2D eigenvalue weighted by Crippen LogP contribution is 2.41. The van der Waals surface area contributed by atoms with Crippen LogP contribution in [0.3, 0.4) is 0 Å². The van der Waals surface area contributed by atoms with Crippen LogP contribution in [0, 0.1) is 11.6 Å². The third-order valence-electron chi connectivity index (χ3n) is 5.69. The Bertz CT molecular complexity index is 1310. The topological polar surface area (TPSA) is 71.2 Å². The predicted octanol–water partition coefficient (Wildman–Crippen LogP) is 6.14. The van der Waals surface area contributed by atoms with Crippen molar-refractivity contribution in [3.63, 3.8) is 0 Å². The van der Waals surface area contributed by atoms with E-state index >= 15 is 0 Å². The summed E-state index contributed by atoms with van der Waals surface area (Å²) in [5, 5.41) is 18.9. The van der Waals surface area contributed by atoms with Gasteiger partial charge < -0.3 is 10.0 Å². The molecule has 3 aromatic carbocycles. The molecule has 0 aliphatic carbocycles. The number of aromatic carboxylic acids is 1. The van der Waals surface area contributed by atoms with Gasteiger partial charge in [-0.3, -0.25) is 4.57 Å². The summed E-state index contributed by atoms with van der Waals surface area (Å²) in [6.45, 7) is 2.03. The summed E-state index contributed by atoms with van der Waals surface area (Å²) in [6.07, 6.45) is 1.47. The first-order chi connectivity index (χ1) is 17.3. The van der Waals surface area contributed by atoms with Crippen molar-refractivity contribution in [3.8, 4) is 5.69 Å². The van der Waals surface area contributed by atoms with Gasteiger partial charge in [-0.05, 0) is 60.0 Å². The molecule has 6 nitrogen and oxygen atoms in total. The lowest BCUT2D eigenvalue weighted by atomic mass is 10.0. The number of halogens is 2. The SMILES string of the molecule is CCCc1nnc(SC(c2ccc(F)cc2)c2ccc(F)cc2)n1-c1ccc(N(C)C)c(C(=O)O)c1. The third-order valence-corrected chi connectivity index (χ3v) is 6.95. The lowest BCUT2D eigenvalue weighted by Crippen LogP contribution is -2.15. The Hall–Kier alpha value is -3.72. The number of benzene rings is 3. The highest BCUT2D eigenvalue weighted by molar-refractivity contribution is 7.99. The quantitative estimate of drug-likeness (QED) is 0.274. The Morgan fingerprint density at radius 1 is 0.972 bits per heavy atom. The van der Waals surface area contributed by atoms with Crippen molar-refractivity contribution in [2.45, 2.75) is 30.2 Å². The standard InChI is InChI=1S/C27H26F2N4O2S/c1-4-5-24-30-31-27(33(24)21-14-15-23(32(2)3)22(16-21)26(34)35)36-25(17-6-10-19(28)11-7-17)18-8-12-20(29)13-9-18/h6-16,25H,4-5H2,1-3H3,(H,34,35). The first-order valence-electron chi connectivity index (χ1n) is 11.5. The smallest absolute Gasteiger partial charge is 0.337 e. The van der Waals surface area contributed by atoms with Crippen molar-refractivity contribution in [3.05, 3.63) is 101 Å². The van der Waals surface area contributed by atoms with Crippen molar-refractivity contribution in [2.75, 3.05) is 19.0 Å². The molecule has 0 amide bonds. The highest BCUT2D eigenvalue weighted by Gasteiger charge is 2.23. The second kappa shape index (κ2) is 10.9. The fraction of sp³-hybridized carbons (Fsp3) is 0.222. The molecule has 0 radical (unpaired) electrons. The van der Waals surface area contributed by atoms with E-state index in [1.165, 1.54) is 36.0 Å². The monoisotopic (exact) mass is 508 g/mol. The zero-order chi connectivity index (χ0) is 25.8. The maximum absolute atomic E-state index is 13.7. The maximum Gasteiger partial charge on any atom is 0.337 e. The van der Waals surface area contributed by atoms with E-state index < -0.39 is 5.97 Å². The van der Waals surface area contributed by atoms with Gasteiger partial charge in [0.05, 0.1) is 22.2 Å². The molecular formula is C27H26F2N4O2S. The molecule has 0 spiro atoms. The maximum atomic E-state index is 13.7. The number of hydrogen-bond donors (Lipinski definition) is 1. The van der Waals surface area contributed by atoms with Gasteiger partial charge in [-0.1, -0.05) is 43.0 Å². The van der Waals surface area contributed by atoms with E-state index in [9.17, 15) is 18.7 Å². The molecule has 1 aromatic heterocycles. The van der Waals surface area contributed by atoms with Gasteiger partial charge in [-0.2, -0.15) is 0 Å².